The Morgan fingerprint density at radius 2 is 1.77 bits per heavy atom. The lowest BCUT2D eigenvalue weighted by molar-refractivity contribution is -0.383. The van der Waals surface area contributed by atoms with Gasteiger partial charge in [-0.25, -0.2) is 0 Å². The minimum absolute atomic E-state index is 0.169. The number of amides is 2. The van der Waals surface area contributed by atoms with Crippen molar-refractivity contribution in [2.75, 3.05) is 11.9 Å². The summed E-state index contributed by atoms with van der Waals surface area (Å²) >= 11 is 3.49. The summed E-state index contributed by atoms with van der Waals surface area (Å²) in [5.74, 6) is -0.910. The van der Waals surface area contributed by atoms with Crippen LogP contribution in [0.2, 0.25) is 0 Å². The molecule has 1 N–H and O–H groups in total. The summed E-state index contributed by atoms with van der Waals surface area (Å²) in [6.07, 6.45) is 0. The predicted octanol–water partition coefficient (Wildman–Crippen LogP) is 5.49. The van der Waals surface area contributed by atoms with E-state index in [0.717, 1.165) is 20.5 Å². The standard InChI is InChI=1S/C22H18BrN3O4/c1-4-25-21(27)14-7-5-6-13-19(14)15(22(25)28)10-18(26(29)30)20(13)24-17-9-8-16(23)11(2)12(17)3/h5-10,24H,4H2,1-3H3. The second kappa shape index (κ2) is 7.21. The summed E-state index contributed by atoms with van der Waals surface area (Å²) < 4.78 is 0.938. The summed E-state index contributed by atoms with van der Waals surface area (Å²) in [6.45, 7) is 5.77. The molecule has 8 heteroatoms. The Bertz CT molecular complexity index is 1270. The van der Waals surface area contributed by atoms with Crippen LogP contribution in [0, 0.1) is 24.0 Å². The fraction of sp³-hybridized carbons (Fsp3) is 0.182. The quantitative estimate of drug-likeness (QED) is 0.311. The average molecular weight is 468 g/mol. The van der Waals surface area contributed by atoms with Crippen molar-refractivity contribution in [2.45, 2.75) is 20.8 Å². The van der Waals surface area contributed by atoms with Crippen molar-refractivity contribution in [1.82, 2.24) is 4.90 Å². The number of nitrogens with one attached hydrogen (secondary N) is 1. The number of nitrogens with zero attached hydrogens (tertiary/aromatic N) is 2. The Labute approximate surface area is 181 Å². The van der Waals surface area contributed by atoms with Gasteiger partial charge in [0.15, 0.2) is 0 Å². The lowest BCUT2D eigenvalue weighted by Gasteiger charge is -2.27. The number of carbonyl (C=O) groups is 2. The molecule has 0 saturated heterocycles. The number of rotatable bonds is 4. The number of imide groups is 1. The highest BCUT2D eigenvalue weighted by Crippen LogP contribution is 2.42. The fourth-order valence-electron chi connectivity index (χ4n) is 3.82. The zero-order chi connectivity index (χ0) is 21.7. The maximum atomic E-state index is 12.9. The van der Waals surface area contributed by atoms with Crippen LogP contribution in [0.5, 0.6) is 0 Å². The van der Waals surface area contributed by atoms with Crippen molar-refractivity contribution in [1.29, 1.82) is 0 Å². The molecule has 0 fully saturated rings. The van der Waals surface area contributed by atoms with Gasteiger partial charge in [-0.05, 0) is 50.1 Å². The van der Waals surface area contributed by atoms with Crippen molar-refractivity contribution in [3.8, 4) is 0 Å². The van der Waals surface area contributed by atoms with Gasteiger partial charge >= 0.3 is 0 Å². The van der Waals surface area contributed by atoms with Gasteiger partial charge in [0, 0.05) is 39.1 Å². The summed E-state index contributed by atoms with van der Waals surface area (Å²) in [5, 5.41) is 16.0. The van der Waals surface area contributed by atoms with Gasteiger partial charge in [0.25, 0.3) is 17.5 Å². The second-order valence-electron chi connectivity index (χ2n) is 7.13. The zero-order valence-corrected chi connectivity index (χ0v) is 18.2. The Hall–Kier alpha value is -3.26. The van der Waals surface area contributed by atoms with Gasteiger partial charge in [0.05, 0.1) is 10.5 Å². The molecule has 1 aliphatic rings. The number of hydrogen-bond donors (Lipinski definition) is 1. The number of carbonyl (C=O) groups excluding carboxylic acids is 2. The van der Waals surface area contributed by atoms with Crippen LogP contribution in [0.3, 0.4) is 0 Å². The normalized spacial score (nSPS) is 13.1. The smallest absolute Gasteiger partial charge is 0.294 e. The molecular formula is C22H18BrN3O4. The van der Waals surface area contributed by atoms with Crippen molar-refractivity contribution in [2.24, 2.45) is 0 Å². The molecule has 0 spiro atoms. The van der Waals surface area contributed by atoms with Crippen LogP contribution in [0.1, 0.15) is 38.8 Å². The van der Waals surface area contributed by atoms with E-state index in [2.05, 4.69) is 21.2 Å². The van der Waals surface area contributed by atoms with E-state index in [-0.39, 0.29) is 23.5 Å². The molecule has 4 rings (SSSR count). The zero-order valence-electron chi connectivity index (χ0n) is 16.6. The Balaban J connectivity index is 2.03. The highest BCUT2D eigenvalue weighted by atomic mass is 79.9. The van der Waals surface area contributed by atoms with Crippen LogP contribution in [-0.2, 0) is 0 Å². The monoisotopic (exact) mass is 467 g/mol. The van der Waals surface area contributed by atoms with Crippen LogP contribution in [0.25, 0.3) is 10.8 Å². The average Bonchev–Trinajstić information content (AvgIpc) is 2.73. The van der Waals surface area contributed by atoms with E-state index in [0.29, 0.717) is 22.0 Å². The summed E-state index contributed by atoms with van der Waals surface area (Å²) in [6, 6.07) is 9.99. The van der Waals surface area contributed by atoms with Crippen LogP contribution in [0.4, 0.5) is 17.1 Å². The first-order valence-corrected chi connectivity index (χ1v) is 10.2. The Kier molecular flexibility index (Phi) is 4.82. The molecule has 0 aromatic heterocycles. The largest absolute Gasteiger partial charge is 0.349 e. The topological polar surface area (TPSA) is 92.6 Å². The molecule has 1 heterocycles. The fourth-order valence-corrected chi connectivity index (χ4v) is 4.25. The Morgan fingerprint density at radius 1 is 1.07 bits per heavy atom. The predicted molar refractivity (Wildman–Crippen MR) is 119 cm³/mol. The van der Waals surface area contributed by atoms with Crippen molar-refractivity contribution in [3.05, 3.63) is 73.2 Å². The van der Waals surface area contributed by atoms with Crippen LogP contribution < -0.4 is 5.32 Å². The molecule has 0 saturated carbocycles. The number of benzene rings is 3. The molecule has 0 bridgehead atoms. The molecule has 0 atom stereocenters. The number of hydrogen-bond acceptors (Lipinski definition) is 5. The Morgan fingerprint density at radius 3 is 2.43 bits per heavy atom. The molecular weight excluding hydrogens is 450 g/mol. The molecule has 7 nitrogen and oxygen atoms in total. The van der Waals surface area contributed by atoms with E-state index in [1.165, 1.54) is 6.07 Å². The van der Waals surface area contributed by atoms with Crippen molar-refractivity contribution >= 4 is 55.6 Å². The number of halogens is 1. The van der Waals surface area contributed by atoms with E-state index in [4.69, 9.17) is 0 Å². The van der Waals surface area contributed by atoms with E-state index in [9.17, 15) is 19.7 Å². The van der Waals surface area contributed by atoms with Gasteiger partial charge in [0.1, 0.15) is 5.69 Å². The molecule has 30 heavy (non-hydrogen) atoms. The van der Waals surface area contributed by atoms with E-state index < -0.39 is 16.7 Å². The lowest BCUT2D eigenvalue weighted by atomic mass is 9.92. The minimum atomic E-state index is -0.517. The molecule has 0 unspecified atom stereocenters. The second-order valence-corrected chi connectivity index (χ2v) is 7.98. The lowest BCUT2D eigenvalue weighted by Crippen LogP contribution is -2.40. The van der Waals surface area contributed by atoms with Crippen molar-refractivity contribution in [3.63, 3.8) is 0 Å². The van der Waals surface area contributed by atoms with Gasteiger partial charge in [0.2, 0.25) is 0 Å². The molecule has 152 valence electrons. The summed E-state index contributed by atoms with van der Waals surface area (Å²) in [4.78, 5) is 38.2. The summed E-state index contributed by atoms with van der Waals surface area (Å²) in [7, 11) is 0. The maximum Gasteiger partial charge on any atom is 0.294 e. The molecule has 0 aliphatic carbocycles. The minimum Gasteiger partial charge on any atom is -0.349 e. The molecule has 2 amide bonds. The van der Waals surface area contributed by atoms with Gasteiger partial charge in [-0.3, -0.25) is 24.6 Å². The number of nitro groups is 1. The number of anilines is 2. The highest BCUT2D eigenvalue weighted by Gasteiger charge is 2.35. The van der Waals surface area contributed by atoms with E-state index in [1.807, 2.05) is 26.0 Å². The third-order valence-corrected chi connectivity index (χ3v) is 6.44. The maximum absolute atomic E-state index is 12.9. The summed E-state index contributed by atoms with van der Waals surface area (Å²) in [5.41, 5.74) is 3.24. The highest BCUT2D eigenvalue weighted by molar-refractivity contribution is 9.10. The first-order valence-electron chi connectivity index (χ1n) is 9.39. The number of nitro benzene ring substituents is 1. The van der Waals surface area contributed by atoms with Gasteiger partial charge in [-0.2, -0.15) is 0 Å². The molecule has 3 aromatic carbocycles. The van der Waals surface area contributed by atoms with Crippen LogP contribution in [0.15, 0.2) is 40.9 Å². The van der Waals surface area contributed by atoms with Gasteiger partial charge in [-0.15, -0.1) is 0 Å². The van der Waals surface area contributed by atoms with Crippen molar-refractivity contribution < 1.29 is 14.5 Å². The van der Waals surface area contributed by atoms with Gasteiger partial charge in [-0.1, -0.05) is 28.1 Å². The third kappa shape index (κ3) is 2.87. The molecule has 3 aromatic rings. The third-order valence-electron chi connectivity index (χ3n) is 5.59. The molecule has 1 aliphatic heterocycles. The van der Waals surface area contributed by atoms with E-state index in [1.54, 1.807) is 25.1 Å². The van der Waals surface area contributed by atoms with Gasteiger partial charge < -0.3 is 5.32 Å². The molecule has 0 radical (unpaired) electrons. The SMILES string of the molecule is CCN1C(=O)c2cccc3c(Nc4ccc(Br)c(C)c4C)c([N+](=O)[O-])cc(c23)C1=O. The van der Waals surface area contributed by atoms with E-state index >= 15 is 0 Å². The first-order chi connectivity index (χ1) is 14.3. The van der Waals surface area contributed by atoms with Crippen LogP contribution in [-0.4, -0.2) is 28.2 Å². The first kappa shape index (κ1) is 20.0. The van der Waals surface area contributed by atoms with Crippen LogP contribution >= 0.6 is 15.9 Å².